The van der Waals surface area contributed by atoms with Gasteiger partial charge in [0, 0.05) is 12.2 Å². The highest BCUT2D eigenvalue weighted by molar-refractivity contribution is 5.46. The first kappa shape index (κ1) is 15.7. The molecule has 5 heteroatoms. The Morgan fingerprint density at radius 3 is 2.16 bits per heavy atom. The fourth-order valence-electron chi connectivity index (χ4n) is 1.67. The van der Waals surface area contributed by atoms with Crippen LogP contribution in [0.3, 0.4) is 0 Å². The van der Waals surface area contributed by atoms with E-state index in [0.717, 1.165) is 25.1 Å². The minimum Gasteiger partial charge on any atom is -0.484 e. The van der Waals surface area contributed by atoms with Crippen molar-refractivity contribution in [1.29, 1.82) is 0 Å². The normalized spacial score (nSPS) is 11.7. The number of halogens is 3. The molecule has 1 N–H and O–H groups in total. The summed E-state index contributed by atoms with van der Waals surface area (Å²) in [6.45, 7) is 3.90. The molecule has 0 radical (unpaired) electrons. The number of anilines is 1. The summed E-state index contributed by atoms with van der Waals surface area (Å²) in [5.74, 6) is 0.839. The maximum absolute atomic E-state index is 12.0. The Morgan fingerprint density at radius 2 is 1.68 bits per heavy atom. The molecule has 0 saturated heterocycles. The zero-order valence-corrected chi connectivity index (χ0v) is 11.3. The molecular formula is C14H20F3NO. The van der Waals surface area contributed by atoms with Gasteiger partial charge in [0.25, 0.3) is 0 Å². The zero-order chi connectivity index (χ0) is 14.3. The van der Waals surface area contributed by atoms with Gasteiger partial charge in [0.1, 0.15) is 5.75 Å². The van der Waals surface area contributed by atoms with Crippen molar-refractivity contribution in [1.82, 2.24) is 0 Å². The van der Waals surface area contributed by atoms with Gasteiger partial charge in [-0.3, -0.25) is 0 Å². The van der Waals surface area contributed by atoms with Crippen molar-refractivity contribution in [2.45, 2.75) is 32.9 Å². The molecule has 0 saturated carbocycles. The predicted octanol–water partition coefficient (Wildman–Crippen LogP) is 4.48. The molecule has 1 rings (SSSR count). The van der Waals surface area contributed by atoms with Gasteiger partial charge in [-0.25, -0.2) is 0 Å². The summed E-state index contributed by atoms with van der Waals surface area (Å²) in [6.07, 6.45) is -2.08. The molecule has 0 unspecified atom stereocenters. The Bertz CT molecular complexity index is 358. The van der Waals surface area contributed by atoms with Crippen LogP contribution in [0.15, 0.2) is 24.3 Å². The molecule has 1 aromatic rings. The van der Waals surface area contributed by atoms with E-state index in [1.165, 1.54) is 0 Å². The third-order valence-electron chi connectivity index (χ3n) is 3.01. The van der Waals surface area contributed by atoms with Crippen molar-refractivity contribution < 1.29 is 17.9 Å². The van der Waals surface area contributed by atoms with Crippen LogP contribution in [0, 0.1) is 5.92 Å². The van der Waals surface area contributed by atoms with Crippen LogP contribution < -0.4 is 10.1 Å². The minimum atomic E-state index is -4.30. The Labute approximate surface area is 112 Å². The molecule has 0 aliphatic rings. The van der Waals surface area contributed by atoms with Crippen molar-refractivity contribution in [3.8, 4) is 5.75 Å². The second-order valence-electron chi connectivity index (χ2n) is 4.49. The maximum atomic E-state index is 12.0. The Morgan fingerprint density at radius 1 is 1.11 bits per heavy atom. The van der Waals surface area contributed by atoms with Gasteiger partial charge in [-0.15, -0.1) is 0 Å². The molecule has 0 bridgehead atoms. The van der Waals surface area contributed by atoms with Gasteiger partial charge in [-0.2, -0.15) is 13.2 Å². The van der Waals surface area contributed by atoms with Crippen LogP contribution in [0.5, 0.6) is 5.75 Å². The Hall–Kier alpha value is -1.39. The predicted molar refractivity (Wildman–Crippen MR) is 70.6 cm³/mol. The van der Waals surface area contributed by atoms with Crippen molar-refractivity contribution in [2.24, 2.45) is 5.92 Å². The highest BCUT2D eigenvalue weighted by Crippen LogP contribution is 2.20. The summed E-state index contributed by atoms with van der Waals surface area (Å²) in [5.41, 5.74) is 0.895. The molecule has 2 nitrogen and oxygen atoms in total. The van der Waals surface area contributed by atoms with Crippen molar-refractivity contribution in [2.75, 3.05) is 18.5 Å². The average molecular weight is 275 g/mol. The summed E-state index contributed by atoms with van der Waals surface area (Å²) in [6, 6.07) is 6.55. The van der Waals surface area contributed by atoms with Gasteiger partial charge in [-0.05, 0) is 30.2 Å². The smallest absolute Gasteiger partial charge is 0.422 e. The van der Waals surface area contributed by atoms with Crippen LogP contribution in [0.25, 0.3) is 0 Å². The van der Waals surface area contributed by atoms with Crippen LogP contribution in [0.2, 0.25) is 0 Å². The standard InChI is InChI=1S/C14H20F3NO/c1-3-11(4-2)9-18-12-5-7-13(8-6-12)19-10-14(15,16)17/h5-8,11,18H,3-4,9-10H2,1-2H3. The molecule has 0 spiro atoms. The lowest BCUT2D eigenvalue weighted by atomic mass is 10.0. The fraction of sp³-hybridized carbons (Fsp3) is 0.571. The van der Waals surface area contributed by atoms with Gasteiger partial charge in [0.15, 0.2) is 6.61 Å². The molecule has 19 heavy (non-hydrogen) atoms. The number of rotatable bonds is 7. The molecule has 0 aliphatic heterocycles. The zero-order valence-electron chi connectivity index (χ0n) is 11.3. The van der Waals surface area contributed by atoms with Crippen molar-refractivity contribution in [3.63, 3.8) is 0 Å². The van der Waals surface area contributed by atoms with Gasteiger partial charge >= 0.3 is 6.18 Å². The van der Waals surface area contributed by atoms with E-state index in [2.05, 4.69) is 23.9 Å². The minimum absolute atomic E-state index is 0.227. The number of nitrogens with one attached hydrogen (secondary N) is 1. The quantitative estimate of drug-likeness (QED) is 0.792. The van der Waals surface area contributed by atoms with E-state index in [1.807, 2.05) is 0 Å². The largest absolute Gasteiger partial charge is 0.484 e. The monoisotopic (exact) mass is 275 g/mol. The van der Waals surface area contributed by atoms with Crippen LogP contribution in [-0.4, -0.2) is 19.3 Å². The lowest BCUT2D eigenvalue weighted by Crippen LogP contribution is -2.19. The second kappa shape index (κ2) is 7.26. The van der Waals surface area contributed by atoms with Crippen LogP contribution in [0.1, 0.15) is 26.7 Å². The summed E-state index contributed by atoms with van der Waals surface area (Å²) in [7, 11) is 0. The number of alkyl halides is 3. The summed E-state index contributed by atoms with van der Waals surface area (Å²) >= 11 is 0. The van der Waals surface area contributed by atoms with Crippen LogP contribution in [-0.2, 0) is 0 Å². The molecule has 0 amide bonds. The van der Waals surface area contributed by atoms with Crippen molar-refractivity contribution >= 4 is 5.69 Å². The lowest BCUT2D eigenvalue weighted by Gasteiger charge is -2.15. The lowest BCUT2D eigenvalue weighted by molar-refractivity contribution is -0.153. The third kappa shape index (κ3) is 6.36. The SMILES string of the molecule is CCC(CC)CNc1ccc(OCC(F)(F)F)cc1. The number of ether oxygens (including phenoxy) is 1. The number of hydrogen-bond acceptors (Lipinski definition) is 2. The molecule has 0 aliphatic carbocycles. The first-order chi connectivity index (χ1) is 8.94. The van der Waals surface area contributed by atoms with E-state index in [-0.39, 0.29) is 5.75 Å². The van der Waals surface area contributed by atoms with Gasteiger partial charge in [0.05, 0.1) is 0 Å². The summed E-state index contributed by atoms with van der Waals surface area (Å²) < 4.78 is 40.6. The topological polar surface area (TPSA) is 21.3 Å². The molecule has 1 aromatic carbocycles. The van der Waals surface area contributed by atoms with Crippen LogP contribution in [0.4, 0.5) is 18.9 Å². The number of benzene rings is 1. The van der Waals surface area contributed by atoms with Crippen molar-refractivity contribution in [3.05, 3.63) is 24.3 Å². The summed E-state index contributed by atoms with van der Waals surface area (Å²) in [4.78, 5) is 0. The summed E-state index contributed by atoms with van der Waals surface area (Å²) in [5, 5.41) is 3.27. The molecule has 108 valence electrons. The fourth-order valence-corrected chi connectivity index (χ4v) is 1.67. The Kier molecular flexibility index (Phi) is 5.99. The van der Waals surface area contributed by atoms with Gasteiger partial charge < -0.3 is 10.1 Å². The van der Waals surface area contributed by atoms with Gasteiger partial charge in [0.2, 0.25) is 0 Å². The highest BCUT2D eigenvalue weighted by atomic mass is 19.4. The maximum Gasteiger partial charge on any atom is 0.422 e. The second-order valence-corrected chi connectivity index (χ2v) is 4.49. The van der Waals surface area contributed by atoms with E-state index in [1.54, 1.807) is 24.3 Å². The average Bonchev–Trinajstić information content (AvgIpc) is 2.38. The van der Waals surface area contributed by atoms with E-state index in [9.17, 15) is 13.2 Å². The van der Waals surface area contributed by atoms with E-state index in [0.29, 0.717) is 5.92 Å². The molecule has 0 aromatic heterocycles. The highest BCUT2D eigenvalue weighted by Gasteiger charge is 2.28. The molecular weight excluding hydrogens is 255 g/mol. The van der Waals surface area contributed by atoms with Gasteiger partial charge in [-0.1, -0.05) is 26.7 Å². The Balaban J connectivity index is 2.43. The van der Waals surface area contributed by atoms with E-state index < -0.39 is 12.8 Å². The molecule has 0 heterocycles. The molecule has 0 atom stereocenters. The first-order valence-electron chi connectivity index (χ1n) is 6.48. The molecule has 0 fully saturated rings. The number of hydrogen-bond donors (Lipinski definition) is 1. The van der Waals surface area contributed by atoms with E-state index >= 15 is 0 Å². The third-order valence-corrected chi connectivity index (χ3v) is 3.01. The van der Waals surface area contributed by atoms with Crippen LogP contribution >= 0.6 is 0 Å². The van der Waals surface area contributed by atoms with E-state index in [4.69, 9.17) is 0 Å². The first-order valence-corrected chi connectivity index (χ1v) is 6.48.